The van der Waals surface area contributed by atoms with Crippen molar-refractivity contribution in [2.45, 2.75) is 32.9 Å². The van der Waals surface area contributed by atoms with Crippen LogP contribution in [-0.4, -0.2) is 51.0 Å². The molecule has 0 saturated heterocycles. The molecule has 0 saturated carbocycles. The largest absolute Gasteiger partial charge is 0.357 e. The summed E-state index contributed by atoms with van der Waals surface area (Å²) in [4.78, 5) is 27.3. The van der Waals surface area contributed by atoms with Gasteiger partial charge in [-0.25, -0.2) is 8.42 Å². The molecule has 2 aromatic carbocycles. The van der Waals surface area contributed by atoms with Crippen LogP contribution in [0.3, 0.4) is 0 Å². The van der Waals surface area contributed by atoms with Crippen molar-refractivity contribution in [1.82, 2.24) is 10.2 Å². The highest BCUT2D eigenvalue weighted by Crippen LogP contribution is 2.27. The Hall–Kier alpha value is -2.58. The minimum atomic E-state index is -3.79. The van der Waals surface area contributed by atoms with Gasteiger partial charge in [0, 0.05) is 18.6 Å². The topological polar surface area (TPSA) is 86.8 Å². The van der Waals surface area contributed by atoms with Crippen LogP contribution in [-0.2, 0) is 26.2 Å². The number of carbonyl (C=O) groups excluding carboxylic acids is 2. The van der Waals surface area contributed by atoms with E-state index in [1.807, 2.05) is 30.3 Å². The number of amides is 2. The fourth-order valence-corrected chi connectivity index (χ4v) is 4.38. The Balaban J connectivity index is 2.45. The molecule has 0 aliphatic carbocycles. The summed E-state index contributed by atoms with van der Waals surface area (Å²) in [7, 11) is -2.28. The highest BCUT2D eigenvalue weighted by atomic mass is 35.5. The number of hydrogen-bond donors (Lipinski definition) is 1. The van der Waals surface area contributed by atoms with Crippen molar-refractivity contribution in [3.05, 3.63) is 64.7 Å². The number of nitrogens with one attached hydrogen (secondary N) is 1. The maximum atomic E-state index is 13.4. The van der Waals surface area contributed by atoms with E-state index in [2.05, 4.69) is 5.32 Å². The molecular formula is C22H28ClN3O4S. The second-order valence-corrected chi connectivity index (χ2v) is 9.59. The number of rotatable bonds is 9. The molecule has 2 rings (SSSR count). The lowest BCUT2D eigenvalue weighted by Gasteiger charge is -2.33. The lowest BCUT2D eigenvalue weighted by Crippen LogP contribution is -2.51. The number of carbonyl (C=O) groups is 2. The summed E-state index contributed by atoms with van der Waals surface area (Å²) < 4.78 is 26.2. The smallest absolute Gasteiger partial charge is 0.244 e. The van der Waals surface area contributed by atoms with Crippen LogP contribution in [0.2, 0.25) is 5.02 Å². The second-order valence-electron chi connectivity index (χ2n) is 7.25. The fraction of sp³-hybridized carbons (Fsp3) is 0.364. The molecule has 0 radical (unpaired) electrons. The minimum Gasteiger partial charge on any atom is -0.357 e. The Labute approximate surface area is 189 Å². The van der Waals surface area contributed by atoms with Crippen molar-refractivity contribution in [3.63, 3.8) is 0 Å². The molecule has 0 aliphatic heterocycles. The van der Waals surface area contributed by atoms with Crippen molar-refractivity contribution in [3.8, 4) is 0 Å². The molecule has 7 nitrogen and oxygen atoms in total. The maximum Gasteiger partial charge on any atom is 0.244 e. The molecule has 2 aromatic rings. The molecule has 0 unspecified atom stereocenters. The monoisotopic (exact) mass is 465 g/mol. The zero-order chi connectivity index (χ0) is 23.2. The molecule has 0 aliphatic rings. The quantitative estimate of drug-likeness (QED) is 0.616. The Kier molecular flexibility index (Phi) is 8.47. The number of aryl methyl sites for hydroxylation is 1. The Morgan fingerprint density at radius 1 is 1.13 bits per heavy atom. The van der Waals surface area contributed by atoms with Gasteiger partial charge in [0.25, 0.3) is 0 Å². The normalized spacial score (nSPS) is 12.2. The van der Waals surface area contributed by atoms with E-state index in [9.17, 15) is 18.0 Å². The lowest BCUT2D eigenvalue weighted by atomic mass is 10.1. The van der Waals surface area contributed by atoms with E-state index in [0.29, 0.717) is 22.7 Å². The highest BCUT2D eigenvalue weighted by Gasteiger charge is 2.31. The van der Waals surface area contributed by atoms with Gasteiger partial charge in [-0.2, -0.15) is 0 Å². The van der Waals surface area contributed by atoms with Crippen molar-refractivity contribution in [2.24, 2.45) is 0 Å². The summed E-state index contributed by atoms with van der Waals surface area (Å²) in [6.45, 7) is 3.29. The van der Waals surface area contributed by atoms with Gasteiger partial charge < -0.3 is 10.2 Å². The number of hydrogen-bond acceptors (Lipinski definition) is 4. The molecule has 31 heavy (non-hydrogen) atoms. The average molecular weight is 466 g/mol. The Bertz CT molecular complexity index is 1030. The summed E-state index contributed by atoms with van der Waals surface area (Å²) in [5, 5.41) is 2.95. The van der Waals surface area contributed by atoms with Crippen molar-refractivity contribution in [1.29, 1.82) is 0 Å². The summed E-state index contributed by atoms with van der Waals surface area (Å²) in [6, 6.07) is 13.4. The average Bonchev–Trinajstić information content (AvgIpc) is 2.73. The molecule has 0 spiro atoms. The summed E-state index contributed by atoms with van der Waals surface area (Å²) in [5.74, 6) is -0.791. The first kappa shape index (κ1) is 24.7. The summed E-state index contributed by atoms with van der Waals surface area (Å²) >= 11 is 6.08. The number of nitrogens with zero attached hydrogens (tertiary/aromatic N) is 2. The first-order valence-corrected chi connectivity index (χ1v) is 12.1. The van der Waals surface area contributed by atoms with E-state index < -0.39 is 28.5 Å². The van der Waals surface area contributed by atoms with E-state index in [1.54, 1.807) is 26.0 Å². The van der Waals surface area contributed by atoms with E-state index >= 15 is 0 Å². The molecule has 0 bridgehead atoms. The van der Waals surface area contributed by atoms with Crippen LogP contribution in [0.15, 0.2) is 48.5 Å². The van der Waals surface area contributed by atoms with Crippen molar-refractivity contribution >= 4 is 39.1 Å². The van der Waals surface area contributed by atoms with E-state index in [0.717, 1.165) is 16.1 Å². The molecule has 1 atom stereocenters. The fourth-order valence-electron chi connectivity index (χ4n) is 3.31. The van der Waals surface area contributed by atoms with Gasteiger partial charge in [-0.1, -0.05) is 54.9 Å². The van der Waals surface area contributed by atoms with Gasteiger partial charge in [-0.15, -0.1) is 0 Å². The van der Waals surface area contributed by atoms with E-state index in [-0.39, 0.29) is 12.5 Å². The van der Waals surface area contributed by atoms with Crippen LogP contribution in [0.5, 0.6) is 0 Å². The van der Waals surface area contributed by atoms with Gasteiger partial charge in [0.15, 0.2) is 0 Å². The number of halogens is 1. The van der Waals surface area contributed by atoms with Crippen LogP contribution in [0.4, 0.5) is 5.69 Å². The zero-order valence-electron chi connectivity index (χ0n) is 18.1. The predicted octanol–water partition coefficient (Wildman–Crippen LogP) is 2.97. The van der Waals surface area contributed by atoms with Gasteiger partial charge in [-0.3, -0.25) is 13.9 Å². The van der Waals surface area contributed by atoms with E-state index in [1.165, 1.54) is 18.0 Å². The van der Waals surface area contributed by atoms with Gasteiger partial charge in [0.05, 0.1) is 11.9 Å². The number of benzene rings is 2. The Morgan fingerprint density at radius 2 is 1.77 bits per heavy atom. The van der Waals surface area contributed by atoms with Gasteiger partial charge in [0.1, 0.15) is 12.6 Å². The highest BCUT2D eigenvalue weighted by molar-refractivity contribution is 7.92. The molecule has 168 valence electrons. The van der Waals surface area contributed by atoms with Gasteiger partial charge in [0.2, 0.25) is 21.8 Å². The molecule has 9 heteroatoms. The third kappa shape index (κ3) is 6.45. The standard InChI is InChI=1S/C22H28ClN3O4S/c1-5-19(22(28)24-3)25(14-17-9-7-6-8-10-17)21(27)15-26(31(4,29)30)20-13-18(23)12-11-16(20)2/h6-13,19H,5,14-15H2,1-4H3,(H,24,28)/t19-/m0/s1. The molecule has 2 amide bonds. The minimum absolute atomic E-state index is 0.178. The number of anilines is 1. The van der Waals surface area contributed by atoms with Gasteiger partial charge in [-0.05, 0) is 36.6 Å². The van der Waals surface area contributed by atoms with Crippen LogP contribution in [0.1, 0.15) is 24.5 Å². The molecule has 0 heterocycles. The summed E-state index contributed by atoms with van der Waals surface area (Å²) in [6.07, 6.45) is 1.42. The van der Waals surface area contributed by atoms with Crippen LogP contribution in [0.25, 0.3) is 0 Å². The van der Waals surface area contributed by atoms with Crippen LogP contribution < -0.4 is 9.62 Å². The summed E-state index contributed by atoms with van der Waals surface area (Å²) in [5.41, 5.74) is 1.83. The zero-order valence-corrected chi connectivity index (χ0v) is 19.7. The first-order chi connectivity index (χ1) is 14.6. The maximum absolute atomic E-state index is 13.4. The van der Waals surface area contributed by atoms with Crippen LogP contribution in [0, 0.1) is 6.92 Å². The Morgan fingerprint density at radius 3 is 2.32 bits per heavy atom. The first-order valence-electron chi connectivity index (χ1n) is 9.87. The number of likely N-dealkylation sites (N-methyl/N-ethyl adjacent to an activating group) is 1. The molecule has 1 N–H and O–H groups in total. The molecule has 0 aromatic heterocycles. The van der Waals surface area contributed by atoms with E-state index in [4.69, 9.17) is 11.6 Å². The van der Waals surface area contributed by atoms with Crippen LogP contribution >= 0.6 is 11.6 Å². The lowest BCUT2D eigenvalue weighted by molar-refractivity contribution is -0.140. The second kappa shape index (κ2) is 10.6. The molecule has 0 fully saturated rings. The number of sulfonamides is 1. The van der Waals surface area contributed by atoms with Gasteiger partial charge >= 0.3 is 0 Å². The SMILES string of the molecule is CC[C@@H](C(=O)NC)N(Cc1ccccc1)C(=O)CN(c1cc(Cl)ccc1C)S(C)(=O)=O. The third-order valence-electron chi connectivity index (χ3n) is 4.95. The molecular weight excluding hydrogens is 438 g/mol. The third-order valence-corrected chi connectivity index (χ3v) is 6.31. The predicted molar refractivity (Wildman–Crippen MR) is 124 cm³/mol. The van der Waals surface area contributed by atoms with Crippen molar-refractivity contribution in [2.75, 3.05) is 24.2 Å². The van der Waals surface area contributed by atoms with Crippen molar-refractivity contribution < 1.29 is 18.0 Å².